The van der Waals surface area contributed by atoms with Gasteiger partial charge in [-0.1, -0.05) is 22.0 Å². The molecule has 2 rings (SSSR count). The van der Waals surface area contributed by atoms with Gasteiger partial charge in [0.15, 0.2) is 5.11 Å². The second-order valence-corrected chi connectivity index (χ2v) is 5.83. The van der Waals surface area contributed by atoms with Gasteiger partial charge in [-0.25, -0.2) is 4.39 Å². The van der Waals surface area contributed by atoms with Gasteiger partial charge < -0.3 is 10.6 Å². The van der Waals surface area contributed by atoms with Gasteiger partial charge >= 0.3 is 0 Å². The Bertz CT molecular complexity index is 658. The van der Waals surface area contributed by atoms with Crippen LogP contribution in [0.4, 0.5) is 15.8 Å². The fraction of sp³-hybridized carbons (Fsp3) is 0.133. The Balaban J connectivity index is 2.07. The van der Waals surface area contributed by atoms with E-state index in [0.29, 0.717) is 16.4 Å². The number of anilines is 2. The van der Waals surface area contributed by atoms with Crippen LogP contribution in [-0.2, 0) is 0 Å². The van der Waals surface area contributed by atoms with Crippen molar-refractivity contribution in [1.82, 2.24) is 0 Å². The number of thiocarbonyl (C=S) groups is 1. The van der Waals surface area contributed by atoms with Crippen LogP contribution in [0.1, 0.15) is 11.1 Å². The number of hydrogen-bond acceptors (Lipinski definition) is 1. The van der Waals surface area contributed by atoms with Gasteiger partial charge in [-0.15, -0.1) is 0 Å². The Morgan fingerprint density at radius 3 is 2.45 bits per heavy atom. The second kappa shape index (κ2) is 6.33. The molecule has 0 saturated heterocycles. The molecule has 0 unspecified atom stereocenters. The van der Waals surface area contributed by atoms with Gasteiger partial charge in [0.2, 0.25) is 0 Å². The molecular weight excluding hydrogens is 339 g/mol. The van der Waals surface area contributed by atoms with Gasteiger partial charge in [0, 0.05) is 15.8 Å². The number of benzene rings is 2. The first-order valence-electron chi connectivity index (χ1n) is 6.06. The third-order valence-electron chi connectivity index (χ3n) is 2.87. The third kappa shape index (κ3) is 3.77. The Morgan fingerprint density at radius 2 is 1.80 bits per heavy atom. The predicted octanol–water partition coefficient (Wildman–Crippen LogP) is 5.01. The fourth-order valence-corrected chi connectivity index (χ4v) is 2.43. The smallest absolute Gasteiger partial charge is 0.175 e. The van der Waals surface area contributed by atoms with Crippen LogP contribution < -0.4 is 10.6 Å². The molecule has 5 heteroatoms. The minimum absolute atomic E-state index is 0.252. The Morgan fingerprint density at radius 1 is 1.05 bits per heavy atom. The molecule has 0 fully saturated rings. The maximum atomic E-state index is 13.5. The van der Waals surface area contributed by atoms with Gasteiger partial charge in [-0.3, -0.25) is 0 Å². The molecule has 0 aliphatic carbocycles. The maximum Gasteiger partial charge on any atom is 0.175 e. The van der Waals surface area contributed by atoms with E-state index >= 15 is 0 Å². The summed E-state index contributed by atoms with van der Waals surface area (Å²) in [5.74, 6) is -0.252. The van der Waals surface area contributed by atoms with Gasteiger partial charge in [0.05, 0.1) is 0 Å². The summed E-state index contributed by atoms with van der Waals surface area (Å²) >= 11 is 8.64. The molecule has 0 amide bonds. The Kier molecular flexibility index (Phi) is 4.73. The van der Waals surface area contributed by atoms with Crippen molar-refractivity contribution in [3.8, 4) is 0 Å². The van der Waals surface area contributed by atoms with E-state index in [1.165, 1.54) is 6.07 Å². The summed E-state index contributed by atoms with van der Waals surface area (Å²) in [7, 11) is 0. The number of hydrogen-bond donors (Lipinski definition) is 2. The van der Waals surface area contributed by atoms with E-state index in [4.69, 9.17) is 12.2 Å². The van der Waals surface area contributed by atoms with Crippen LogP contribution in [0.25, 0.3) is 0 Å². The number of rotatable bonds is 2. The zero-order valence-electron chi connectivity index (χ0n) is 11.1. The Hall–Kier alpha value is -1.46. The summed E-state index contributed by atoms with van der Waals surface area (Å²) in [5.41, 5.74) is 3.22. The average molecular weight is 353 g/mol. The van der Waals surface area contributed by atoms with Crippen molar-refractivity contribution in [3.05, 3.63) is 57.8 Å². The molecule has 2 aromatic carbocycles. The molecule has 104 valence electrons. The molecule has 0 aromatic heterocycles. The van der Waals surface area contributed by atoms with Crippen molar-refractivity contribution in [2.45, 2.75) is 13.8 Å². The van der Waals surface area contributed by atoms with E-state index < -0.39 is 0 Å². The summed E-state index contributed by atoms with van der Waals surface area (Å²) in [6.07, 6.45) is 0. The van der Waals surface area contributed by atoms with E-state index in [9.17, 15) is 4.39 Å². The second-order valence-electron chi connectivity index (χ2n) is 4.50. The SMILES string of the molecule is Cc1ccc(NC(=S)Nc2ccc(Br)cc2C)cc1F. The number of nitrogens with one attached hydrogen (secondary N) is 2. The van der Waals surface area contributed by atoms with Gasteiger partial charge in [0.1, 0.15) is 5.82 Å². The molecule has 2 N–H and O–H groups in total. The van der Waals surface area contributed by atoms with E-state index in [-0.39, 0.29) is 5.82 Å². The number of halogens is 2. The molecule has 0 aliphatic heterocycles. The highest BCUT2D eigenvalue weighted by Gasteiger charge is 2.04. The van der Waals surface area contributed by atoms with Crippen LogP contribution in [0.2, 0.25) is 0 Å². The molecule has 0 heterocycles. The lowest BCUT2D eigenvalue weighted by Gasteiger charge is -2.13. The van der Waals surface area contributed by atoms with Crippen LogP contribution in [-0.4, -0.2) is 5.11 Å². The normalized spacial score (nSPS) is 10.2. The lowest BCUT2D eigenvalue weighted by molar-refractivity contribution is 0.619. The lowest BCUT2D eigenvalue weighted by atomic mass is 10.2. The summed E-state index contributed by atoms with van der Waals surface area (Å²) in [4.78, 5) is 0. The first-order chi connectivity index (χ1) is 9.45. The molecule has 0 bridgehead atoms. The Labute approximate surface area is 131 Å². The van der Waals surface area contributed by atoms with Crippen molar-refractivity contribution in [3.63, 3.8) is 0 Å². The molecule has 20 heavy (non-hydrogen) atoms. The fourth-order valence-electron chi connectivity index (χ4n) is 1.72. The first-order valence-corrected chi connectivity index (χ1v) is 7.26. The van der Waals surface area contributed by atoms with Crippen molar-refractivity contribution in [2.75, 3.05) is 10.6 Å². The van der Waals surface area contributed by atoms with Gasteiger partial charge in [-0.2, -0.15) is 0 Å². The molecular formula is C15H14BrFN2S. The summed E-state index contributed by atoms with van der Waals surface area (Å²) in [6.45, 7) is 3.71. The average Bonchev–Trinajstić information content (AvgIpc) is 2.37. The van der Waals surface area contributed by atoms with Gasteiger partial charge in [-0.05, 0) is 67.5 Å². The number of aryl methyl sites for hydroxylation is 2. The standard InChI is InChI=1S/C15H14BrFN2S/c1-9-3-5-12(8-13(9)17)18-15(20)19-14-6-4-11(16)7-10(14)2/h3-8H,1-2H3,(H2,18,19,20). The van der Waals surface area contributed by atoms with Crippen molar-refractivity contribution < 1.29 is 4.39 Å². The van der Waals surface area contributed by atoms with Gasteiger partial charge in [0.25, 0.3) is 0 Å². The summed E-state index contributed by atoms with van der Waals surface area (Å²) in [6, 6.07) is 10.8. The highest BCUT2D eigenvalue weighted by molar-refractivity contribution is 9.10. The monoisotopic (exact) mass is 352 g/mol. The molecule has 0 radical (unpaired) electrons. The minimum atomic E-state index is -0.252. The van der Waals surface area contributed by atoms with Crippen LogP contribution in [0.15, 0.2) is 40.9 Å². The molecule has 2 nitrogen and oxygen atoms in total. The van der Waals surface area contributed by atoms with Crippen LogP contribution in [0, 0.1) is 19.7 Å². The van der Waals surface area contributed by atoms with Crippen LogP contribution in [0.5, 0.6) is 0 Å². The quantitative estimate of drug-likeness (QED) is 0.742. The topological polar surface area (TPSA) is 24.1 Å². The minimum Gasteiger partial charge on any atom is -0.332 e. The zero-order valence-corrected chi connectivity index (χ0v) is 13.5. The maximum absolute atomic E-state index is 13.5. The summed E-state index contributed by atoms with van der Waals surface area (Å²) in [5, 5.41) is 6.50. The highest BCUT2D eigenvalue weighted by atomic mass is 79.9. The lowest BCUT2D eigenvalue weighted by Crippen LogP contribution is -2.19. The van der Waals surface area contributed by atoms with E-state index in [1.54, 1.807) is 19.1 Å². The first kappa shape index (κ1) is 14.9. The molecule has 0 aliphatic rings. The predicted molar refractivity (Wildman–Crippen MR) is 89.9 cm³/mol. The third-order valence-corrected chi connectivity index (χ3v) is 3.56. The van der Waals surface area contributed by atoms with E-state index in [0.717, 1.165) is 15.7 Å². The van der Waals surface area contributed by atoms with E-state index in [2.05, 4.69) is 26.6 Å². The van der Waals surface area contributed by atoms with Crippen LogP contribution in [0.3, 0.4) is 0 Å². The molecule has 0 spiro atoms. The van der Waals surface area contributed by atoms with Crippen molar-refractivity contribution in [1.29, 1.82) is 0 Å². The highest BCUT2D eigenvalue weighted by Crippen LogP contribution is 2.20. The molecule has 0 saturated carbocycles. The van der Waals surface area contributed by atoms with Crippen LogP contribution >= 0.6 is 28.1 Å². The van der Waals surface area contributed by atoms with Crippen molar-refractivity contribution >= 4 is 44.6 Å². The molecule has 2 aromatic rings. The van der Waals surface area contributed by atoms with E-state index in [1.807, 2.05) is 25.1 Å². The van der Waals surface area contributed by atoms with Crippen molar-refractivity contribution in [2.24, 2.45) is 0 Å². The zero-order chi connectivity index (χ0) is 14.7. The molecule has 0 atom stereocenters. The summed E-state index contributed by atoms with van der Waals surface area (Å²) < 4.78 is 14.5. The largest absolute Gasteiger partial charge is 0.332 e.